The lowest BCUT2D eigenvalue weighted by Crippen LogP contribution is -2.47. The molecule has 0 aliphatic heterocycles. The lowest BCUT2D eigenvalue weighted by atomic mass is 9.49. The summed E-state index contributed by atoms with van der Waals surface area (Å²) in [6.07, 6.45) is 13.6. The van der Waals surface area contributed by atoms with E-state index in [2.05, 4.69) is 20.8 Å². The third-order valence-electron chi connectivity index (χ3n) is 7.16. The first-order chi connectivity index (χ1) is 7.49. The van der Waals surface area contributed by atoms with Gasteiger partial charge < -0.3 is 0 Å². The van der Waals surface area contributed by atoms with Crippen LogP contribution in [0.4, 0.5) is 0 Å². The van der Waals surface area contributed by atoms with E-state index in [1.54, 1.807) is 12.8 Å². The molecule has 3 atom stereocenters. The Morgan fingerprint density at radius 3 is 1.94 bits per heavy atom. The van der Waals surface area contributed by atoms with Gasteiger partial charge in [0.2, 0.25) is 0 Å². The number of hydrogen-bond acceptors (Lipinski definition) is 0. The van der Waals surface area contributed by atoms with Crippen LogP contribution in [-0.2, 0) is 0 Å². The molecule has 3 fully saturated rings. The molecule has 0 N–H and O–H groups in total. The highest BCUT2D eigenvalue weighted by atomic mass is 14.7. The molecule has 0 aromatic heterocycles. The predicted octanol–water partition coefficient (Wildman–Crippen LogP) is 5.17. The lowest BCUT2D eigenvalue weighted by Gasteiger charge is -2.56. The van der Waals surface area contributed by atoms with Crippen molar-refractivity contribution in [2.45, 2.75) is 78.6 Å². The second-order valence-corrected chi connectivity index (χ2v) is 7.83. The summed E-state index contributed by atoms with van der Waals surface area (Å²) in [6.45, 7) is 7.88. The first kappa shape index (κ1) is 11.1. The average Bonchev–Trinajstić information content (AvgIpc) is 2.73. The summed E-state index contributed by atoms with van der Waals surface area (Å²) in [4.78, 5) is 0. The number of rotatable bonds is 1. The number of hydrogen-bond donors (Lipinski definition) is 0. The first-order valence-electron chi connectivity index (χ1n) is 7.49. The van der Waals surface area contributed by atoms with Gasteiger partial charge in [-0.05, 0) is 60.7 Å². The Bertz CT molecular complexity index is 286. The van der Waals surface area contributed by atoms with Gasteiger partial charge in [0, 0.05) is 0 Å². The number of fused-ring (bicyclic) bond motifs is 2. The fourth-order valence-electron chi connectivity index (χ4n) is 5.72. The third-order valence-corrected chi connectivity index (χ3v) is 7.16. The summed E-state index contributed by atoms with van der Waals surface area (Å²) in [5, 5.41) is 0. The molecule has 16 heavy (non-hydrogen) atoms. The van der Waals surface area contributed by atoms with E-state index in [-0.39, 0.29) is 0 Å². The van der Waals surface area contributed by atoms with E-state index >= 15 is 0 Å². The van der Waals surface area contributed by atoms with Gasteiger partial charge in [0.1, 0.15) is 0 Å². The molecular formula is C16H28. The molecule has 3 rings (SSSR count). The van der Waals surface area contributed by atoms with Crippen LogP contribution in [0.15, 0.2) is 0 Å². The summed E-state index contributed by atoms with van der Waals surface area (Å²) in [5.41, 5.74) is 2.00. The van der Waals surface area contributed by atoms with Crippen LogP contribution in [0.3, 0.4) is 0 Å². The zero-order valence-electron chi connectivity index (χ0n) is 11.4. The van der Waals surface area contributed by atoms with Crippen molar-refractivity contribution in [2.75, 3.05) is 0 Å². The minimum absolute atomic E-state index is 0.656. The molecule has 0 aromatic carbocycles. The van der Waals surface area contributed by atoms with Crippen LogP contribution in [0.5, 0.6) is 0 Å². The van der Waals surface area contributed by atoms with Crippen LogP contribution < -0.4 is 0 Å². The van der Waals surface area contributed by atoms with E-state index < -0.39 is 0 Å². The van der Waals surface area contributed by atoms with Gasteiger partial charge in [-0.3, -0.25) is 0 Å². The molecule has 0 spiro atoms. The van der Waals surface area contributed by atoms with Crippen molar-refractivity contribution in [2.24, 2.45) is 22.2 Å². The van der Waals surface area contributed by atoms with E-state index in [4.69, 9.17) is 0 Å². The molecule has 0 saturated heterocycles. The Kier molecular flexibility index (Phi) is 2.27. The first-order valence-corrected chi connectivity index (χ1v) is 7.49. The molecule has 0 heterocycles. The zero-order chi connectivity index (χ0) is 11.4. The second-order valence-electron chi connectivity index (χ2n) is 7.83. The summed E-state index contributed by atoms with van der Waals surface area (Å²) in [6, 6.07) is 0. The maximum atomic E-state index is 2.65. The third kappa shape index (κ3) is 1.22. The van der Waals surface area contributed by atoms with E-state index in [0.29, 0.717) is 16.2 Å². The Hall–Kier alpha value is 0. The normalized spacial score (nSPS) is 50.8. The fourth-order valence-corrected chi connectivity index (χ4v) is 5.72. The van der Waals surface area contributed by atoms with Crippen molar-refractivity contribution in [1.82, 2.24) is 0 Å². The Morgan fingerprint density at radius 1 is 0.750 bits per heavy atom. The molecule has 0 heteroatoms. The van der Waals surface area contributed by atoms with Gasteiger partial charge in [-0.2, -0.15) is 0 Å². The largest absolute Gasteiger partial charge is 0.0591 e. The summed E-state index contributed by atoms with van der Waals surface area (Å²) in [5.74, 6) is 1.08. The van der Waals surface area contributed by atoms with Crippen molar-refractivity contribution in [3.8, 4) is 0 Å². The quantitative estimate of drug-likeness (QED) is 0.571. The molecule has 3 aliphatic rings. The molecule has 92 valence electrons. The Balaban J connectivity index is 1.93. The molecular weight excluding hydrogens is 192 g/mol. The fraction of sp³-hybridized carbons (Fsp3) is 1.00. The minimum Gasteiger partial charge on any atom is -0.0591 e. The van der Waals surface area contributed by atoms with Gasteiger partial charge in [0.05, 0.1) is 0 Å². The molecule has 0 nitrogen and oxygen atoms in total. The van der Waals surface area contributed by atoms with Crippen LogP contribution >= 0.6 is 0 Å². The van der Waals surface area contributed by atoms with Gasteiger partial charge in [-0.15, -0.1) is 0 Å². The lowest BCUT2D eigenvalue weighted by molar-refractivity contribution is -0.0669. The minimum atomic E-state index is 0.656. The van der Waals surface area contributed by atoms with Gasteiger partial charge >= 0.3 is 0 Å². The highest BCUT2D eigenvalue weighted by molar-refractivity contribution is 5.12. The molecule has 0 aromatic rings. The molecule has 0 radical (unpaired) electrons. The van der Waals surface area contributed by atoms with Crippen LogP contribution in [0.1, 0.15) is 78.6 Å². The standard InChI is InChI=1S/C16H28/c1-14(8-5-4-6-9-14)16(3)12-13-7-10-15(16,2)11-13/h13H,4-12H2,1-3H3. The van der Waals surface area contributed by atoms with Crippen molar-refractivity contribution < 1.29 is 0 Å². The van der Waals surface area contributed by atoms with Crippen LogP contribution in [0, 0.1) is 22.2 Å². The van der Waals surface area contributed by atoms with Crippen LogP contribution in [0.25, 0.3) is 0 Å². The van der Waals surface area contributed by atoms with Gasteiger partial charge in [-0.1, -0.05) is 40.0 Å². The molecule has 3 unspecified atom stereocenters. The van der Waals surface area contributed by atoms with E-state index in [9.17, 15) is 0 Å². The summed E-state index contributed by atoms with van der Waals surface area (Å²) < 4.78 is 0. The van der Waals surface area contributed by atoms with E-state index in [1.807, 2.05) is 0 Å². The van der Waals surface area contributed by atoms with Crippen molar-refractivity contribution in [3.05, 3.63) is 0 Å². The molecule has 3 aliphatic carbocycles. The second kappa shape index (κ2) is 3.27. The van der Waals surface area contributed by atoms with Crippen molar-refractivity contribution >= 4 is 0 Å². The maximum Gasteiger partial charge on any atom is -0.0215 e. The zero-order valence-corrected chi connectivity index (χ0v) is 11.4. The topological polar surface area (TPSA) is 0 Å². The summed E-state index contributed by atoms with van der Waals surface area (Å²) in [7, 11) is 0. The van der Waals surface area contributed by atoms with Crippen molar-refractivity contribution in [1.29, 1.82) is 0 Å². The maximum absolute atomic E-state index is 2.65. The average molecular weight is 220 g/mol. The highest BCUT2D eigenvalue weighted by Gasteiger charge is 2.62. The highest BCUT2D eigenvalue weighted by Crippen LogP contribution is 2.72. The Labute approximate surface area is 101 Å². The van der Waals surface area contributed by atoms with E-state index in [1.165, 1.54) is 44.9 Å². The van der Waals surface area contributed by atoms with Gasteiger partial charge in [0.15, 0.2) is 0 Å². The smallest absolute Gasteiger partial charge is 0.0215 e. The molecule has 2 bridgehead atoms. The predicted molar refractivity (Wildman–Crippen MR) is 69.4 cm³/mol. The monoisotopic (exact) mass is 220 g/mol. The molecule has 0 amide bonds. The van der Waals surface area contributed by atoms with Crippen LogP contribution in [0.2, 0.25) is 0 Å². The SMILES string of the molecule is CC1(C2(C)CC3CCC2(C)C3)CCCCC1. The van der Waals surface area contributed by atoms with E-state index in [0.717, 1.165) is 5.92 Å². The van der Waals surface area contributed by atoms with Crippen molar-refractivity contribution in [3.63, 3.8) is 0 Å². The van der Waals surface area contributed by atoms with Crippen LogP contribution in [-0.4, -0.2) is 0 Å². The Morgan fingerprint density at radius 2 is 1.44 bits per heavy atom. The van der Waals surface area contributed by atoms with Gasteiger partial charge in [-0.25, -0.2) is 0 Å². The van der Waals surface area contributed by atoms with Gasteiger partial charge in [0.25, 0.3) is 0 Å². The molecule has 3 saturated carbocycles. The summed E-state index contributed by atoms with van der Waals surface area (Å²) >= 11 is 0.